The van der Waals surface area contributed by atoms with Crippen molar-refractivity contribution < 1.29 is 14.6 Å². The lowest BCUT2D eigenvalue weighted by atomic mass is 9.46. The number of aliphatic hydroxyl groups is 1. The fraction of sp³-hybridized carbons (Fsp3) is 0.571. The number of hydrogen-bond acceptors (Lipinski definition) is 4. The van der Waals surface area contributed by atoms with Crippen LogP contribution in [0.1, 0.15) is 18.4 Å². The highest BCUT2D eigenvalue weighted by atomic mass is 16.5. The van der Waals surface area contributed by atoms with Gasteiger partial charge in [-0.1, -0.05) is 16.7 Å². The molecule has 0 amide bonds. The molecule has 1 aromatic rings. The second-order valence-corrected chi connectivity index (χ2v) is 5.81. The molecule has 0 spiro atoms. The number of ether oxygens (including phenoxy) is 2. The first-order valence-electron chi connectivity index (χ1n) is 7.02. The maximum absolute atomic E-state index is 9.85. The van der Waals surface area contributed by atoms with Gasteiger partial charge in [0, 0.05) is 18.2 Å². The van der Waals surface area contributed by atoms with Crippen LogP contribution in [0.4, 0.5) is 0 Å². The van der Waals surface area contributed by atoms with Gasteiger partial charge in [-0.15, -0.1) is 0 Å². The zero-order valence-corrected chi connectivity index (χ0v) is 13.0. The van der Waals surface area contributed by atoms with Gasteiger partial charge < -0.3 is 19.5 Å². The molecule has 8 radical (unpaired) electrons. The van der Waals surface area contributed by atoms with Gasteiger partial charge in [0.2, 0.25) is 0 Å². The summed E-state index contributed by atoms with van der Waals surface area (Å²) in [5.74, 6) is 1.30. The minimum atomic E-state index is -1.31. The molecule has 0 atom stereocenters. The van der Waals surface area contributed by atoms with Gasteiger partial charge in [-0.2, -0.15) is 0 Å². The van der Waals surface area contributed by atoms with E-state index < -0.39 is 16.8 Å². The maximum atomic E-state index is 9.85. The zero-order valence-electron chi connectivity index (χ0n) is 13.0. The number of likely N-dealkylation sites (tertiary alicyclic amines) is 1. The van der Waals surface area contributed by atoms with Gasteiger partial charge >= 0.3 is 0 Å². The number of benzene rings is 1. The number of aliphatic hydroxyl groups excluding tert-OH is 1. The van der Waals surface area contributed by atoms with Crippen molar-refractivity contribution in [3.63, 3.8) is 0 Å². The lowest BCUT2D eigenvalue weighted by molar-refractivity contribution is 0.0190. The van der Waals surface area contributed by atoms with E-state index in [1.807, 2.05) is 6.07 Å². The van der Waals surface area contributed by atoms with E-state index in [-0.39, 0.29) is 12.8 Å². The van der Waals surface area contributed by atoms with E-state index in [4.69, 9.17) is 40.9 Å². The summed E-state index contributed by atoms with van der Waals surface area (Å²) >= 11 is 0. The Morgan fingerprint density at radius 3 is 2.23 bits per heavy atom. The molecule has 2 rings (SSSR count). The summed E-state index contributed by atoms with van der Waals surface area (Å²) < 4.78 is 10.5. The summed E-state index contributed by atoms with van der Waals surface area (Å²) in [6.07, 6.45) is -0.373. The van der Waals surface area contributed by atoms with Crippen molar-refractivity contribution in [2.75, 3.05) is 14.2 Å². The molecule has 4 nitrogen and oxygen atoms in total. The van der Waals surface area contributed by atoms with Crippen molar-refractivity contribution in [1.29, 1.82) is 0 Å². The Labute approximate surface area is 137 Å². The van der Waals surface area contributed by atoms with Gasteiger partial charge in [0.25, 0.3) is 0 Å². The second-order valence-electron chi connectivity index (χ2n) is 5.81. The first-order valence-corrected chi connectivity index (χ1v) is 7.02. The molecule has 1 aliphatic heterocycles. The number of nitrogens with zero attached hydrogens (tertiary/aromatic N) is 1. The van der Waals surface area contributed by atoms with E-state index in [0.717, 1.165) is 5.56 Å². The fourth-order valence-electron chi connectivity index (χ4n) is 2.88. The number of methoxy groups -OCH3 is 2. The molecule has 1 aliphatic rings. The van der Waals surface area contributed by atoms with Crippen LogP contribution in [0, 0.1) is 0 Å². The van der Waals surface area contributed by atoms with Crippen LogP contribution in [0.3, 0.4) is 0 Å². The molecule has 0 saturated carbocycles. The summed E-state index contributed by atoms with van der Waals surface area (Å²) in [5.41, 5.74) is 0.820. The van der Waals surface area contributed by atoms with Crippen molar-refractivity contribution in [3.8, 4) is 11.5 Å². The van der Waals surface area contributed by atoms with Crippen LogP contribution in [0.5, 0.6) is 11.5 Å². The van der Waals surface area contributed by atoms with Gasteiger partial charge in [0.15, 0.2) is 0 Å². The Bertz CT molecular complexity index is 521. The molecule has 0 aromatic heterocycles. The quantitative estimate of drug-likeness (QED) is 0.769. The van der Waals surface area contributed by atoms with Crippen molar-refractivity contribution in [2.45, 2.75) is 36.2 Å². The molecule has 8 heteroatoms. The predicted molar refractivity (Wildman–Crippen MR) is 88.8 cm³/mol. The van der Waals surface area contributed by atoms with Crippen LogP contribution in [0.15, 0.2) is 18.2 Å². The standard InChI is InChI=1S/C14H17B4NO3/c1-21-11-4-3-9(12(5-11)22-2)8-19-13(15,16)6-10(20)7-14(19,17)18/h3-5,10,20H,6-8H2,1-2H3. The maximum Gasteiger partial charge on any atom is 0.127 e. The molecular formula is C14H17B4NO3. The number of rotatable bonds is 4. The third-order valence-corrected chi connectivity index (χ3v) is 3.95. The SMILES string of the molecule is [B]C1([B])CC(O)CC([B])([B])N1Cc1ccc(OC)cc1OC. The molecule has 108 valence electrons. The summed E-state index contributed by atoms with van der Waals surface area (Å²) in [4.78, 5) is 1.58. The molecule has 1 N–H and O–H groups in total. The van der Waals surface area contributed by atoms with Crippen molar-refractivity contribution in [1.82, 2.24) is 4.90 Å². The van der Waals surface area contributed by atoms with Crippen LogP contribution in [0.2, 0.25) is 0 Å². The molecular weight excluding hydrogens is 273 g/mol. The fourth-order valence-corrected chi connectivity index (χ4v) is 2.88. The van der Waals surface area contributed by atoms with Crippen LogP contribution < -0.4 is 9.47 Å². The Morgan fingerprint density at radius 1 is 1.14 bits per heavy atom. The third-order valence-electron chi connectivity index (χ3n) is 3.95. The minimum absolute atomic E-state index is 0.182. The van der Waals surface area contributed by atoms with Crippen molar-refractivity contribution in [3.05, 3.63) is 23.8 Å². The van der Waals surface area contributed by atoms with Gasteiger partial charge in [0.05, 0.1) is 51.7 Å². The molecule has 1 saturated heterocycles. The molecule has 0 aliphatic carbocycles. The first-order chi connectivity index (χ1) is 10.2. The summed E-state index contributed by atoms with van der Waals surface area (Å²) in [6, 6.07) is 5.41. The molecule has 0 unspecified atom stereocenters. The largest absolute Gasteiger partial charge is 0.497 e. The monoisotopic (exact) mass is 291 g/mol. The Kier molecular flexibility index (Phi) is 4.93. The highest BCUT2D eigenvalue weighted by molar-refractivity contribution is 6.44. The zero-order chi connectivity index (χ0) is 16.5. The van der Waals surface area contributed by atoms with E-state index in [9.17, 15) is 5.11 Å². The van der Waals surface area contributed by atoms with Gasteiger partial charge in [0.1, 0.15) is 11.5 Å². The first kappa shape index (κ1) is 17.4. The topological polar surface area (TPSA) is 41.9 Å². The van der Waals surface area contributed by atoms with Crippen LogP contribution in [-0.2, 0) is 6.54 Å². The van der Waals surface area contributed by atoms with Crippen LogP contribution in [-0.4, -0.2) is 72.4 Å². The molecule has 1 heterocycles. The Morgan fingerprint density at radius 2 is 1.73 bits per heavy atom. The number of hydrogen-bond donors (Lipinski definition) is 1. The average Bonchev–Trinajstić information content (AvgIpc) is 2.41. The van der Waals surface area contributed by atoms with Crippen molar-refractivity contribution >= 4 is 31.4 Å². The smallest absolute Gasteiger partial charge is 0.127 e. The van der Waals surface area contributed by atoms with E-state index in [1.165, 1.54) is 0 Å². The molecule has 0 bridgehead atoms. The van der Waals surface area contributed by atoms with Gasteiger partial charge in [-0.05, 0) is 18.9 Å². The third kappa shape index (κ3) is 3.49. The number of piperidine rings is 1. The highest BCUT2D eigenvalue weighted by Crippen LogP contribution is 2.35. The molecule has 22 heavy (non-hydrogen) atoms. The summed E-state index contributed by atoms with van der Waals surface area (Å²) in [5, 5.41) is 7.22. The summed E-state index contributed by atoms with van der Waals surface area (Å²) in [7, 11) is 27.6. The van der Waals surface area contributed by atoms with E-state index in [2.05, 4.69) is 0 Å². The molecule has 1 aromatic carbocycles. The lowest BCUT2D eigenvalue weighted by Crippen LogP contribution is -2.67. The van der Waals surface area contributed by atoms with E-state index in [1.54, 1.807) is 31.3 Å². The van der Waals surface area contributed by atoms with Crippen LogP contribution in [0.25, 0.3) is 0 Å². The second kappa shape index (κ2) is 6.25. The van der Waals surface area contributed by atoms with Gasteiger partial charge in [-0.25, -0.2) is 0 Å². The van der Waals surface area contributed by atoms with E-state index >= 15 is 0 Å². The molecule has 1 fully saturated rings. The lowest BCUT2D eigenvalue weighted by Gasteiger charge is -2.56. The minimum Gasteiger partial charge on any atom is -0.497 e. The van der Waals surface area contributed by atoms with E-state index in [0.29, 0.717) is 18.0 Å². The highest BCUT2D eigenvalue weighted by Gasteiger charge is 2.43. The normalized spacial score (nSPS) is 21.4. The van der Waals surface area contributed by atoms with Gasteiger partial charge in [-0.3, -0.25) is 0 Å². The van der Waals surface area contributed by atoms with Crippen molar-refractivity contribution in [2.24, 2.45) is 0 Å². The summed E-state index contributed by atoms with van der Waals surface area (Å²) in [6.45, 7) is 0.292. The average molecular weight is 291 g/mol. The Balaban J connectivity index is 2.32. The van der Waals surface area contributed by atoms with Crippen LogP contribution >= 0.6 is 0 Å². The predicted octanol–water partition coefficient (Wildman–Crippen LogP) is -0.358. The Hall–Kier alpha value is -1.00.